The van der Waals surface area contributed by atoms with Gasteiger partial charge in [0.05, 0.1) is 10.4 Å². The van der Waals surface area contributed by atoms with Gasteiger partial charge < -0.3 is 4.98 Å². The van der Waals surface area contributed by atoms with E-state index in [0.717, 1.165) is 23.7 Å². The summed E-state index contributed by atoms with van der Waals surface area (Å²) in [5.74, 6) is 0.797. The molecule has 0 saturated carbocycles. The molecule has 1 saturated heterocycles. The standard InChI is InChI=1S/C13H17ClN4O2S2/c1-2-17-7-8-18(9-10(17)13-15-5-6-16-13)22(19,20)12-4-3-11(14)21-12/h3-6,10H,2,7-9H2,1H3,(H,15,16). The molecule has 3 rings (SSSR count). The molecule has 0 radical (unpaired) electrons. The Balaban J connectivity index is 1.87. The topological polar surface area (TPSA) is 69.3 Å². The summed E-state index contributed by atoms with van der Waals surface area (Å²) in [5.41, 5.74) is 0. The van der Waals surface area contributed by atoms with Gasteiger partial charge in [0.2, 0.25) is 0 Å². The average molecular weight is 361 g/mol. The van der Waals surface area contributed by atoms with Gasteiger partial charge in [0.25, 0.3) is 10.0 Å². The summed E-state index contributed by atoms with van der Waals surface area (Å²) >= 11 is 6.97. The van der Waals surface area contributed by atoms with Gasteiger partial charge in [-0.2, -0.15) is 4.31 Å². The number of nitrogens with zero attached hydrogens (tertiary/aromatic N) is 3. The van der Waals surface area contributed by atoms with Crippen LogP contribution < -0.4 is 0 Å². The Hall–Kier alpha value is -0.930. The monoisotopic (exact) mass is 360 g/mol. The van der Waals surface area contributed by atoms with Gasteiger partial charge in [-0.25, -0.2) is 13.4 Å². The second kappa shape index (κ2) is 6.29. The first-order valence-electron chi connectivity index (χ1n) is 7.01. The van der Waals surface area contributed by atoms with Gasteiger partial charge in [-0.15, -0.1) is 11.3 Å². The quantitative estimate of drug-likeness (QED) is 0.907. The van der Waals surface area contributed by atoms with Gasteiger partial charge in [0.1, 0.15) is 10.0 Å². The van der Waals surface area contributed by atoms with Crippen LogP contribution in [-0.4, -0.2) is 53.8 Å². The Morgan fingerprint density at radius 1 is 1.45 bits per heavy atom. The fraction of sp³-hybridized carbons (Fsp3) is 0.462. The summed E-state index contributed by atoms with van der Waals surface area (Å²) in [7, 11) is -3.50. The Morgan fingerprint density at radius 3 is 2.86 bits per heavy atom. The lowest BCUT2D eigenvalue weighted by molar-refractivity contribution is 0.119. The number of aromatic amines is 1. The van der Waals surface area contributed by atoms with Gasteiger partial charge in [-0.05, 0) is 18.7 Å². The second-order valence-electron chi connectivity index (χ2n) is 5.04. The summed E-state index contributed by atoms with van der Waals surface area (Å²) in [4.78, 5) is 9.62. The van der Waals surface area contributed by atoms with Crippen LogP contribution in [0.4, 0.5) is 0 Å². The molecule has 1 aliphatic heterocycles. The molecule has 22 heavy (non-hydrogen) atoms. The first kappa shape index (κ1) is 15.9. The number of imidazole rings is 1. The van der Waals surface area contributed by atoms with Gasteiger partial charge in [0, 0.05) is 32.0 Å². The molecular formula is C13H17ClN4O2S2. The van der Waals surface area contributed by atoms with E-state index in [0.29, 0.717) is 28.2 Å². The van der Waals surface area contributed by atoms with E-state index < -0.39 is 10.0 Å². The average Bonchev–Trinajstić information content (AvgIpc) is 3.18. The largest absolute Gasteiger partial charge is 0.347 e. The van der Waals surface area contributed by atoms with Crippen molar-refractivity contribution in [2.75, 3.05) is 26.2 Å². The number of hydrogen-bond donors (Lipinski definition) is 1. The van der Waals surface area contributed by atoms with Crippen molar-refractivity contribution in [3.8, 4) is 0 Å². The van der Waals surface area contributed by atoms with E-state index in [4.69, 9.17) is 11.6 Å². The summed E-state index contributed by atoms with van der Waals surface area (Å²) in [6.45, 7) is 4.46. The number of likely N-dealkylation sites (N-methyl/N-ethyl adjacent to an activating group) is 1. The van der Waals surface area contributed by atoms with Gasteiger partial charge in [-0.3, -0.25) is 4.90 Å². The lowest BCUT2D eigenvalue weighted by Gasteiger charge is -2.39. The van der Waals surface area contributed by atoms with Crippen molar-refractivity contribution in [2.24, 2.45) is 0 Å². The third-order valence-corrected chi connectivity index (χ3v) is 7.40. The van der Waals surface area contributed by atoms with Crippen LogP contribution in [0.5, 0.6) is 0 Å². The van der Waals surface area contributed by atoms with Crippen molar-refractivity contribution < 1.29 is 8.42 Å². The van der Waals surface area contributed by atoms with E-state index in [1.807, 2.05) is 0 Å². The van der Waals surface area contributed by atoms with Crippen molar-refractivity contribution in [2.45, 2.75) is 17.2 Å². The number of rotatable bonds is 4. The van der Waals surface area contributed by atoms with E-state index >= 15 is 0 Å². The van der Waals surface area contributed by atoms with Crippen LogP contribution in [0.1, 0.15) is 18.8 Å². The van der Waals surface area contributed by atoms with Crippen molar-refractivity contribution in [1.29, 1.82) is 0 Å². The first-order chi connectivity index (χ1) is 10.5. The van der Waals surface area contributed by atoms with Crippen molar-refractivity contribution in [1.82, 2.24) is 19.2 Å². The number of hydrogen-bond acceptors (Lipinski definition) is 5. The highest BCUT2D eigenvalue weighted by molar-refractivity contribution is 7.91. The number of nitrogens with one attached hydrogen (secondary N) is 1. The predicted octanol–water partition coefficient (Wildman–Crippen LogP) is 2.19. The molecule has 0 aliphatic carbocycles. The van der Waals surface area contributed by atoms with Gasteiger partial charge in [0.15, 0.2) is 0 Å². The molecule has 3 heterocycles. The van der Waals surface area contributed by atoms with E-state index in [1.165, 1.54) is 4.31 Å². The molecule has 1 aliphatic rings. The maximum absolute atomic E-state index is 12.7. The first-order valence-corrected chi connectivity index (χ1v) is 9.64. The zero-order valence-corrected chi connectivity index (χ0v) is 14.5. The number of thiophene rings is 1. The molecule has 0 amide bonds. The SMILES string of the molecule is CCN1CCN(S(=O)(=O)c2ccc(Cl)s2)CC1c1ncc[nH]1. The predicted molar refractivity (Wildman–Crippen MR) is 86.7 cm³/mol. The normalized spacial score (nSPS) is 21.3. The number of aromatic nitrogens is 2. The van der Waals surface area contributed by atoms with Crippen LogP contribution >= 0.6 is 22.9 Å². The molecule has 1 N–H and O–H groups in total. The summed E-state index contributed by atoms with van der Waals surface area (Å²) in [6, 6.07) is 3.13. The van der Waals surface area contributed by atoms with E-state index in [-0.39, 0.29) is 6.04 Å². The summed E-state index contributed by atoms with van der Waals surface area (Å²) in [6.07, 6.45) is 3.45. The van der Waals surface area contributed by atoms with E-state index in [9.17, 15) is 8.42 Å². The van der Waals surface area contributed by atoms with E-state index in [1.54, 1.807) is 24.5 Å². The van der Waals surface area contributed by atoms with Crippen LogP contribution in [0.2, 0.25) is 4.34 Å². The highest BCUT2D eigenvalue weighted by Gasteiger charge is 2.36. The molecule has 6 nitrogen and oxygen atoms in total. The van der Waals surface area contributed by atoms with Crippen LogP contribution in [0.3, 0.4) is 0 Å². The Labute approximate surface area is 138 Å². The van der Waals surface area contributed by atoms with Crippen molar-refractivity contribution in [3.05, 3.63) is 34.7 Å². The molecule has 120 valence electrons. The zero-order chi connectivity index (χ0) is 15.7. The molecule has 1 unspecified atom stereocenters. The van der Waals surface area contributed by atoms with Crippen LogP contribution in [0.25, 0.3) is 0 Å². The molecule has 0 aromatic carbocycles. The summed E-state index contributed by atoms with van der Waals surface area (Å²) in [5, 5.41) is 0. The fourth-order valence-electron chi connectivity index (χ4n) is 2.67. The number of piperazine rings is 1. The van der Waals surface area contributed by atoms with Crippen molar-refractivity contribution >= 4 is 33.0 Å². The van der Waals surface area contributed by atoms with Gasteiger partial charge in [-0.1, -0.05) is 18.5 Å². The number of H-pyrrole nitrogens is 1. The molecule has 2 aromatic heterocycles. The third kappa shape index (κ3) is 2.93. The van der Waals surface area contributed by atoms with Crippen molar-refractivity contribution in [3.63, 3.8) is 0 Å². The molecule has 2 aromatic rings. The highest BCUT2D eigenvalue weighted by atomic mass is 35.5. The van der Waals surface area contributed by atoms with Crippen LogP contribution in [-0.2, 0) is 10.0 Å². The molecule has 1 atom stereocenters. The molecule has 0 spiro atoms. The molecular weight excluding hydrogens is 344 g/mol. The molecule has 9 heteroatoms. The highest BCUT2D eigenvalue weighted by Crippen LogP contribution is 2.31. The van der Waals surface area contributed by atoms with Crippen LogP contribution in [0, 0.1) is 0 Å². The second-order valence-corrected chi connectivity index (χ2v) is 8.92. The Kier molecular flexibility index (Phi) is 4.56. The Morgan fingerprint density at radius 2 is 2.27 bits per heavy atom. The molecule has 0 bridgehead atoms. The lowest BCUT2D eigenvalue weighted by atomic mass is 10.2. The smallest absolute Gasteiger partial charge is 0.252 e. The minimum atomic E-state index is -3.50. The van der Waals surface area contributed by atoms with Gasteiger partial charge >= 0.3 is 0 Å². The minimum absolute atomic E-state index is 0.0565. The fourth-order valence-corrected chi connectivity index (χ4v) is 5.75. The maximum atomic E-state index is 12.7. The number of halogens is 1. The summed E-state index contributed by atoms with van der Waals surface area (Å²) < 4.78 is 27.8. The third-order valence-electron chi connectivity index (χ3n) is 3.84. The van der Waals surface area contributed by atoms with E-state index in [2.05, 4.69) is 21.8 Å². The number of sulfonamides is 1. The maximum Gasteiger partial charge on any atom is 0.252 e. The Bertz CT molecular complexity index is 729. The zero-order valence-electron chi connectivity index (χ0n) is 12.1. The lowest BCUT2D eigenvalue weighted by Crippen LogP contribution is -2.50. The minimum Gasteiger partial charge on any atom is -0.347 e. The van der Waals surface area contributed by atoms with Crippen LogP contribution in [0.15, 0.2) is 28.7 Å². The molecule has 1 fully saturated rings.